The van der Waals surface area contributed by atoms with Gasteiger partial charge in [0.15, 0.2) is 0 Å². The van der Waals surface area contributed by atoms with E-state index >= 15 is 0 Å². The van der Waals surface area contributed by atoms with Gasteiger partial charge in [-0.15, -0.1) is 0 Å². The number of hydrogen-bond acceptors (Lipinski definition) is 2. The molecule has 7 heavy (non-hydrogen) atoms. The van der Waals surface area contributed by atoms with Crippen molar-refractivity contribution in [2.75, 3.05) is 0 Å². The molecule has 10 N–H and O–H groups in total. The predicted molar refractivity (Wildman–Crippen MR) is 25.0 cm³/mol. The Morgan fingerprint density at radius 3 is 0.429 bits per heavy atom. The Balaban J connectivity index is 0. The van der Waals surface area contributed by atoms with Gasteiger partial charge in [-0.25, -0.2) is 0 Å². The topological polar surface area (TPSA) is 194 Å². The fourth-order valence-electron chi connectivity index (χ4n) is 0. The fraction of sp³-hybridized carbons (Fsp3) is 0. The van der Waals surface area contributed by atoms with Gasteiger partial charge in [-0.1, -0.05) is 0 Å². The summed E-state index contributed by atoms with van der Waals surface area (Å²) in [6, 6.07) is 0. The summed E-state index contributed by atoms with van der Waals surface area (Å²) in [5, 5.41) is 0. The van der Waals surface area contributed by atoms with Crippen LogP contribution in [-0.4, -0.2) is 11.0 Å². The molecule has 6 nitrogen and oxygen atoms in total. The van der Waals surface area contributed by atoms with E-state index in [-0.39, 0.29) is 56.0 Å². The van der Waals surface area contributed by atoms with Crippen molar-refractivity contribution in [3.8, 4) is 0 Å². The van der Waals surface area contributed by atoms with Crippen LogP contribution in [0, 0.1) is 0 Å². The van der Waals surface area contributed by atoms with E-state index in [9.17, 15) is 0 Å². The first-order chi connectivity index (χ1) is 0. The van der Waals surface area contributed by atoms with Crippen molar-refractivity contribution in [2.45, 2.75) is 0 Å². The summed E-state index contributed by atoms with van der Waals surface area (Å²) in [5.41, 5.74) is 0. The van der Waals surface area contributed by atoms with Gasteiger partial charge in [-0.2, -0.15) is 0 Å². The van der Waals surface area contributed by atoms with Crippen LogP contribution in [0.5, 0.6) is 0 Å². The molecule has 0 radical (unpaired) electrons. The zero-order valence-corrected chi connectivity index (χ0v) is 5.07. The van der Waals surface area contributed by atoms with Gasteiger partial charge in [0, 0.05) is 0 Å². The predicted octanol–water partition coefficient (Wildman–Crippen LogP) is 2.51. The van der Waals surface area contributed by atoms with Crippen LogP contribution in [-0.2, 0) is 20.4 Å². The second-order valence-electron chi connectivity index (χ2n) is 0. The molecule has 0 aliphatic heterocycles. The summed E-state index contributed by atoms with van der Waals surface area (Å²) < 4.78 is 0. The van der Waals surface area contributed by atoms with Crippen LogP contribution in [0.25, 0.3) is 24.6 Å². The minimum Gasteiger partial charge on any atom is -0.870 e. The van der Waals surface area contributed by atoms with Crippen molar-refractivity contribution in [3.05, 3.63) is 24.6 Å². The summed E-state index contributed by atoms with van der Waals surface area (Å²) >= 11 is 0. The Morgan fingerprint density at radius 1 is 0.429 bits per heavy atom. The minimum atomic E-state index is 0. The standard InChI is InChI=1S/4H2N.2H2O.Pd/h6*1H2;/q4*-1;;;+2/p-2. The molecule has 0 aromatic carbocycles. The summed E-state index contributed by atoms with van der Waals surface area (Å²) in [7, 11) is 0. The van der Waals surface area contributed by atoms with Crippen LogP contribution in [0.3, 0.4) is 0 Å². The summed E-state index contributed by atoms with van der Waals surface area (Å²) in [6.07, 6.45) is 0. The van der Waals surface area contributed by atoms with Crippen LogP contribution in [0.1, 0.15) is 0 Å². The minimum absolute atomic E-state index is 0. The van der Waals surface area contributed by atoms with Crippen molar-refractivity contribution >= 4 is 0 Å². The molecule has 0 fully saturated rings. The molecule has 56 valence electrons. The van der Waals surface area contributed by atoms with Crippen molar-refractivity contribution in [1.29, 1.82) is 0 Å². The maximum atomic E-state index is 0. The van der Waals surface area contributed by atoms with Gasteiger partial charge in [-0.3, -0.25) is 0 Å². The fourth-order valence-corrected chi connectivity index (χ4v) is 0. The van der Waals surface area contributed by atoms with Crippen LogP contribution >= 0.6 is 0 Å². The molecule has 7 heteroatoms. The van der Waals surface area contributed by atoms with Crippen LogP contribution in [0.15, 0.2) is 0 Å². The molecule has 0 saturated heterocycles. The van der Waals surface area contributed by atoms with Crippen LogP contribution in [0.4, 0.5) is 0 Å². The third kappa shape index (κ3) is 704. The van der Waals surface area contributed by atoms with Gasteiger partial charge >= 0.3 is 20.4 Å². The van der Waals surface area contributed by atoms with E-state index in [1.165, 1.54) is 0 Å². The Bertz CT molecular complexity index is 9.65. The van der Waals surface area contributed by atoms with Crippen molar-refractivity contribution in [3.63, 3.8) is 0 Å². The number of hydrogen-bond donors (Lipinski definition) is 0. The van der Waals surface area contributed by atoms with Gasteiger partial charge in [-0.05, 0) is 0 Å². The molecule has 0 heterocycles. The van der Waals surface area contributed by atoms with Gasteiger partial charge < -0.3 is 35.6 Å². The summed E-state index contributed by atoms with van der Waals surface area (Å²) in [6.45, 7) is 0. The van der Waals surface area contributed by atoms with E-state index in [2.05, 4.69) is 0 Å². The Labute approximate surface area is 56.7 Å². The molecule has 0 aromatic rings. The molecular formula is H10N4O2Pd-4. The summed E-state index contributed by atoms with van der Waals surface area (Å²) in [4.78, 5) is 0. The molecule has 0 rings (SSSR count). The van der Waals surface area contributed by atoms with E-state index in [0.29, 0.717) is 0 Å². The second kappa shape index (κ2) is 1060. The smallest absolute Gasteiger partial charge is 0.870 e. The molecule has 0 spiro atoms. The molecule has 0 aromatic heterocycles. The molecule has 0 bridgehead atoms. The van der Waals surface area contributed by atoms with E-state index in [0.717, 1.165) is 0 Å². The molecule has 0 aliphatic rings. The zero-order chi connectivity index (χ0) is 0. The normalized spacial score (nSPS) is 0. The Kier molecular flexibility index (Phi) is 260000. The largest absolute Gasteiger partial charge is 2.00 e. The van der Waals surface area contributed by atoms with Crippen molar-refractivity contribution < 1.29 is 31.4 Å². The maximum Gasteiger partial charge on any atom is 2.00 e. The average molecular weight is 205 g/mol. The molecule has 0 saturated carbocycles. The first-order valence-electron chi connectivity index (χ1n) is 0. The third-order valence-electron chi connectivity index (χ3n) is 0. The van der Waals surface area contributed by atoms with Crippen molar-refractivity contribution in [1.82, 2.24) is 0 Å². The Hall–Kier alpha value is 0.422. The van der Waals surface area contributed by atoms with E-state index in [1.54, 1.807) is 0 Å². The quantitative estimate of drug-likeness (QED) is 0.547. The first kappa shape index (κ1) is 1720. The van der Waals surface area contributed by atoms with Gasteiger partial charge in [0.1, 0.15) is 0 Å². The SMILES string of the molecule is [NH2-].[NH2-].[NH2-].[NH2-].[OH-].[OH-].[Pd+2]. The molecule has 0 unspecified atom stereocenters. The van der Waals surface area contributed by atoms with Gasteiger partial charge in [0.2, 0.25) is 0 Å². The monoisotopic (exact) mass is 204 g/mol. The van der Waals surface area contributed by atoms with E-state index in [1.807, 2.05) is 0 Å². The molecule has 0 amide bonds. The zero-order valence-electron chi connectivity index (χ0n) is 3.52. The maximum absolute atomic E-state index is 0. The summed E-state index contributed by atoms with van der Waals surface area (Å²) in [5.74, 6) is 0. The molecule has 0 aliphatic carbocycles. The molecule has 0 atom stereocenters. The van der Waals surface area contributed by atoms with Crippen LogP contribution in [0.2, 0.25) is 0 Å². The molecular weight excluding hydrogens is 194 g/mol. The number of nitrogens with two attached hydrogens (primary N) is 4. The van der Waals surface area contributed by atoms with E-state index in [4.69, 9.17) is 0 Å². The number of rotatable bonds is 0. The first-order valence-corrected chi connectivity index (χ1v) is 0. The second-order valence-corrected chi connectivity index (χ2v) is 0. The van der Waals surface area contributed by atoms with E-state index < -0.39 is 0 Å². The van der Waals surface area contributed by atoms with Gasteiger partial charge in [0.05, 0.1) is 0 Å². The van der Waals surface area contributed by atoms with Crippen LogP contribution < -0.4 is 0 Å². The van der Waals surface area contributed by atoms with Crippen molar-refractivity contribution in [2.24, 2.45) is 0 Å². The average Bonchev–Trinajstić information content (AvgIpc) is 0. The third-order valence-corrected chi connectivity index (χ3v) is 0. The Morgan fingerprint density at radius 2 is 0.429 bits per heavy atom. The van der Waals surface area contributed by atoms with Gasteiger partial charge in [0.25, 0.3) is 0 Å².